The van der Waals surface area contributed by atoms with Crippen LogP contribution in [0.15, 0.2) is 30.3 Å². The van der Waals surface area contributed by atoms with E-state index in [0.29, 0.717) is 0 Å². The lowest BCUT2D eigenvalue weighted by Crippen LogP contribution is -2.23. The van der Waals surface area contributed by atoms with E-state index in [0.717, 1.165) is 25.7 Å². The maximum absolute atomic E-state index is 10.4. The van der Waals surface area contributed by atoms with Crippen molar-refractivity contribution in [3.8, 4) is 0 Å². The highest BCUT2D eigenvalue weighted by Crippen LogP contribution is 2.08. The predicted octanol–water partition coefficient (Wildman–Crippen LogP) is 2.20. The van der Waals surface area contributed by atoms with Crippen molar-refractivity contribution in [1.29, 1.82) is 0 Å². The summed E-state index contributed by atoms with van der Waals surface area (Å²) in [5.41, 5.74) is 7.00. The molecule has 0 aliphatic heterocycles. The lowest BCUT2D eigenvalue weighted by Gasteiger charge is -2.08. The fourth-order valence-electron chi connectivity index (χ4n) is 1.71. The number of unbranched alkanes of at least 4 members (excludes halogenated alkanes) is 1. The quantitative estimate of drug-likeness (QED) is 0.694. The van der Waals surface area contributed by atoms with Gasteiger partial charge in [-0.05, 0) is 24.8 Å². The summed E-state index contributed by atoms with van der Waals surface area (Å²) < 4.78 is 0. The van der Waals surface area contributed by atoms with Crippen LogP contribution in [0.25, 0.3) is 0 Å². The fourth-order valence-corrected chi connectivity index (χ4v) is 1.71. The summed E-state index contributed by atoms with van der Waals surface area (Å²) in [6.45, 7) is 0. The van der Waals surface area contributed by atoms with Crippen LogP contribution in [0.2, 0.25) is 0 Å². The number of carboxylic acid groups (broad SMARTS) is 1. The Balaban J connectivity index is 2.10. The Morgan fingerprint density at radius 3 is 2.56 bits per heavy atom. The average Bonchev–Trinajstić information content (AvgIpc) is 2.25. The van der Waals surface area contributed by atoms with Crippen LogP contribution < -0.4 is 5.73 Å². The topological polar surface area (TPSA) is 63.3 Å². The Bertz CT molecular complexity index is 311. The molecule has 1 unspecified atom stereocenters. The van der Waals surface area contributed by atoms with E-state index in [-0.39, 0.29) is 12.5 Å². The summed E-state index contributed by atoms with van der Waals surface area (Å²) >= 11 is 0. The van der Waals surface area contributed by atoms with Gasteiger partial charge >= 0.3 is 5.97 Å². The molecule has 3 heteroatoms. The third kappa shape index (κ3) is 5.51. The first-order valence-electron chi connectivity index (χ1n) is 5.70. The molecule has 16 heavy (non-hydrogen) atoms. The summed E-state index contributed by atoms with van der Waals surface area (Å²) in [5, 5.41) is 8.54. The average molecular weight is 221 g/mol. The number of carbonyl (C=O) groups is 1. The Morgan fingerprint density at radius 2 is 1.94 bits per heavy atom. The number of carboxylic acids is 1. The minimum atomic E-state index is -0.810. The Morgan fingerprint density at radius 1 is 1.25 bits per heavy atom. The molecule has 0 aromatic heterocycles. The zero-order valence-electron chi connectivity index (χ0n) is 9.43. The van der Waals surface area contributed by atoms with Gasteiger partial charge in [0.05, 0.1) is 6.42 Å². The molecule has 1 atom stereocenters. The highest BCUT2D eigenvalue weighted by molar-refractivity contribution is 5.67. The van der Waals surface area contributed by atoms with Crippen molar-refractivity contribution in [1.82, 2.24) is 0 Å². The summed E-state index contributed by atoms with van der Waals surface area (Å²) in [6, 6.07) is 10.1. The number of nitrogens with two attached hydrogens (primary N) is 1. The van der Waals surface area contributed by atoms with Crippen LogP contribution >= 0.6 is 0 Å². The first-order valence-corrected chi connectivity index (χ1v) is 5.70. The maximum Gasteiger partial charge on any atom is 0.304 e. The van der Waals surface area contributed by atoms with Crippen molar-refractivity contribution in [2.45, 2.75) is 38.1 Å². The fraction of sp³-hybridized carbons (Fsp3) is 0.462. The van der Waals surface area contributed by atoms with Gasteiger partial charge in [0.15, 0.2) is 0 Å². The Hall–Kier alpha value is -1.35. The maximum atomic E-state index is 10.4. The highest BCUT2D eigenvalue weighted by Gasteiger charge is 2.06. The lowest BCUT2D eigenvalue weighted by molar-refractivity contribution is -0.137. The molecular weight excluding hydrogens is 202 g/mol. The van der Waals surface area contributed by atoms with E-state index in [2.05, 4.69) is 12.1 Å². The first-order chi connectivity index (χ1) is 7.68. The van der Waals surface area contributed by atoms with Crippen LogP contribution in [0, 0.1) is 0 Å². The molecule has 3 N–H and O–H groups in total. The second-order valence-corrected chi connectivity index (χ2v) is 4.09. The van der Waals surface area contributed by atoms with Gasteiger partial charge in [-0.15, -0.1) is 0 Å². The van der Waals surface area contributed by atoms with E-state index < -0.39 is 5.97 Å². The van der Waals surface area contributed by atoms with E-state index in [4.69, 9.17) is 10.8 Å². The standard InChI is InChI=1S/C13H19NO2/c14-12(10-13(15)16)9-5-4-8-11-6-2-1-3-7-11/h1-3,6-7,12H,4-5,8-10,14H2,(H,15,16). The molecule has 0 spiro atoms. The number of aryl methyl sites for hydroxylation is 1. The smallest absolute Gasteiger partial charge is 0.304 e. The number of rotatable bonds is 7. The summed E-state index contributed by atoms with van der Waals surface area (Å²) in [6.07, 6.45) is 3.96. The van der Waals surface area contributed by atoms with Gasteiger partial charge in [0.2, 0.25) is 0 Å². The predicted molar refractivity (Wildman–Crippen MR) is 64.2 cm³/mol. The molecule has 1 rings (SSSR count). The van der Waals surface area contributed by atoms with Gasteiger partial charge in [0, 0.05) is 6.04 Å². The molecule has 0 heterocycles. The van der Waals surface area contributed by atoms with Gasteiger partial charge in [0.1, 0.15) is 0 Å². The molecule has 0 aliphatic rings. The van der Waals surface area contributed by atoms with Crippen molar-refractivity contribution in [3.05, 3.63) is 35.9 Å². The number of hydrogen-bond donors (Lipinski definition) is 2. The number of aliphatic carboxylic acids is 1. The molecule has 0 bridgehead atoms. The first kappa shape index (κ1) is 12.7. The summed E-state index contributed by atoms with van der Waals surface area (Å²) in [4.78, 5) is 10.4. The monoisotopic (exact) mass is 221 g/mol. The van der Waals surface area contributed by atoms with Crippen LogP contribution in [0.5, 0.6) is 0 Å². The number of hydrogen-bond acceptors (Lipinski definition) is 2. The van der Waals surface area contributed by atoms with E-state index in [9.17, 15) is 4.79 Å². The van der Waals surface area contributed by atoms with E-state index >= 15 is 0 Å². The largest absolute Gasteiger partial charge is 0.481 e. The molecule has 3 nitrogen and oxygen atoms in total. The van der Waals surface area contributed by atoms with E-state index in [1.165, 1.54) is 5.56 Å². The van der Waals surface area contributed by atoms with Crippen molar-refractivity contribution in [3.63, 3.8) is 0 Å². The SMILES string of the molecule is NC(CCCCc1ccccc1)CC(=O)O. The molecule has 0 fully saturated rings. The molecule has 0 amide bonds. The molecule has 88 valence electrons. The van der Waals surface area contributed by atoms with Gasteiger partial charge < -0.3 is 10.8 Å². The van der Waals surface area contributed by atoms with E-state index in [1.54, 1.807) is 0 Å². The van der Waals surface area contributed by atoms with Crippen LogP contribution in [0.4, 0.5) is 0 Å². The lowest BCUT2D eigenvalue weighted by atomic mass is 10.0. The summed E-state index contributed by atoms with van der Waals surface area (Å²) in [5.74, 6) is -0.810. The molecular formula is C13H19NO2. The molecule has 1 aromatic carbocycles. The number of benzene rings is 1. The van der Waals surface area contributed by atoms with Gasteiger partial charge in [-0.2, -0.15) is 0 Å². The second-order valence-electron chi connectivity index (χ2n) is 4.09. The minimum absolute atomic E-state index is 0.0747. The van der Waals surface area contributed by atoms with Crippen LogP contribution in [-0.2, 0) is 11.2 Å². The van der Waals surface area contributed by atoms with Crippen molar-refractivity contribution in [2.24, 2.45) is 5.73 Å². The zero-order chi connectivity index (χ0) is 11.8. The summed E-state index contributed by atoms with van der Waals surface area (Å²) in [7, 11) is 0. The van der Waals surface area contributed by atoms with Gasteiger partial charge in [0.25, 0.3) is 0 Å². The molecule has 0 aliphatic carbocycles. The normalized spacial score (nSPS) is 12.3. The van der Waals surface area contributed by atoms with Gasteiger partial charge in [-0.25, -0.2) is 0 Å². The second kappa shape index (κ2) is 7.01. The highest BCUT2D eigenvalue weighted by atomic mass is 16.4. The van der Waals surface area contributed by atoms with E-state index in [1.807, 2.05) is 18.2 Å². The molecule has 0 radical (unpaired) electrons. The molecule has 0 saturated carbocycles. The minimum Gasteiger partial charge on any atom is -0.481 e. The molecule has 0 saturated heterocycles. The Labute approximate surface area is 96.3 Å². The van der Waals surface area contributed by atoms with Crippen molar-refractivity contribution >= 4 is 5.97 Å². The Kier molecular flexibility index (Phi) is 5.57. The van der Waals surface area contributed by atoms with Crippen LogP contribution in [0.3, 0.4) is 0 Å². The van der Waals surface area contributed by atoms with Crippen molar-refractivity contribution in [2.75, 3.05) is 0 Å². The van der Waals surface area contributed by atoms with Crippen LogP contribution in [-0.4, -0.2) is 17.1 Å². The van der Waals surface area contributed by atoms with Gasteiger partial charge in [-0.3, -0.25) is 4.79 Å². The van der Waals surface area contributed by atoms with Crippen molar-refractivity contribution < 1.29 is 9.90 Å². The third-order valence-electron chi connectivity index (χ3n) is 2.57. The van der Waals surface area contributed by atoms with Gasteiger partial charge in [-0.1, -0.05) is 36.8 Å². The van der Waals surface area contributed by atoms with Crippen LogP contribution in [0.1, 0.15) is 31.2 Å². The third-order valence-corrected chi connectivity index (χ3v) is 2.57. The zero-order valence-corrected chi connectivity index (χ0v) is 9.43. The molecule has 1 aromatic rings.